The van der Waals surface area contributed by atoms with Crippen molar-refractivity contribution in [1.82, 2.24) is 0 Å². The van der Waals surface area contributed by atoms with Gasteiger partial charge >= 0.3 is 0 Å². The minimum Gasteiger partial charge on any atom is -0.326 e. The number of thioether (sulfide) groups is 1. The number of nitrogens with zero attached hydrogens (tertiary/aromatic N) is 1. The van der Waals surface area contributed by atoms with Crippen LogP contribution in [0, 0.1) is 5.41 Å². The first-order valence-electron chi connectivity index (χ1n) is 9.74. The van der Waals surface area contributed by atoms with Gasteiger partial charge in [0.2, 0.25) is 11.8 Å². The summed E-state index contributed by atoms with van der Waals surface area (Å²) in [6.07, 6.45) is 1.99. The van der Waals surface area contributed by atoms with Gasteiger partial charge < -0.3 is 5.32 Å². The molecule has 2 amide bonds. The van der Waals surface area contributed by atoms with Crippen molar-refractivity contribution in [3.63, 3.8) is 0 Å². The van der Waals surface area contributed by atoms with Crippen LogP contribution in [0.4, 0.5) is 11.4 Å². The maximum absolute atomic E-state index is 12.7. The van der Waals surface area contributed by atoms with Gasteiger partial charge in [-0.3, -0.25) is 14.5 Å². The van der Waals surface area contributed by atoms with Crippen molar-refractivity contribution in [2.24, 2.45) is 5.41 Å². The van der Waals surface area contributed by atoms with Crippen LogP contribution < -0.4 is 10.2 Å². The predicted molar refractivity (Wildman–Crippen MR) is 118 cm³/mol. The summed E-state index contributed by atoms with van der Waals surface area (Å²) in [5, 5.41) is 2.91. The van der Waals surface area contributed by atoms with Crippen molar-refractivity contribution in [2.75, 3.05) is 16.0 Å². The third-order valence-electron chi connectivity index (χ3n) is 4.77. The molecule has 28 heavy (non-hydrogen) atoms. The highest BCUT2D eigenvalue weighted by Gasteiger charge is 2.35. The normalized spacial score (nSPS) is 17.1. The average molecular weight is 397 g/mol. The monoisotopic (exact) mass is 396 g/mol. The summed E-state index contributed by atoms with van der Waals surface area (Å²) in [5.41, 5.74) is 3.62. The second-order valence-electron chi connectivity index (χ2n) is 8.13. The molecule has 1 fully saturated rings. The van der Waals surface area contributed by atoms with Gasteiger partial charge in [-0.25, -0.2) is 0 Å². The van der Waals surface area contributed by atoms with Gasteiger partial charge in [0.25, 0.3) is 0 Å². The molecule has 1 unspecified atom stereocenters. The van der Waals surface area contributed by atoms with Crippen molar-refractivity contribution < 1.29 is 9.59 Å². The first kappa shape index (κ1) is 20.5. The summed E-state index contributed by atoms with van der Waals surface area (Å²) >= 11 is 1.65. The number of anilines is 2. The third kappa shape index (κ3) is 4.41. The van der Waals surface area contributed by atoms with Crippen LogP contribution in [0.3, 0.4) is 0 Å². The molecule has 1 heterocycles. The number of nitrogens with one attached hydrogen (secondary N) is 1. The maximum atomic E-state index is 12.7. The zero-order valence-corrected chi connectivity index (χ0v) is 17.8. The van der Waals surface area contributed by atoms with E-state index in [0.29, 0.717) is 5.75 Å². The van der Waals surface area contributed by atoms with E-state index in [2.05, 4.69) is 18.3 Å². The van der Waals surface area contributed by atoms with E-state index < -0.39 is 5.41 Å². The number of amides is 2. The van der Waals surface area contributed by atoms with Gasteiger partial charge in [0.05, 0.1) is 5.75 Å². The van der Waals surface area contributed by atoms with Crippen molar-refractivity contribution in [3.05, 3.63) is 59.7 Å². The Labute approximate surface area is 171 Å². The Morgan fingerprint density at radius 3 is 2.46 bits per heavy atom. The molecule has 0 spiro atoms. The lowest BCUT2D eigenvalue weighted by molar-refractivity contribution is -0.123. The largest absolute Gasteiger partial charge is 0.326 e. The molecule has 2 aromatic carbocycles. The zero-order chi connectivity index (χ0) is 20.3. The Balaban J connectivity index is 1.85. The molecule has 1 aliphatic rings. The van der Waals surface area contributed by atoms with Crippen molar-refractivity contribution in [2.45, 2.75) is 45.9 Å². The van der Waals surface area contributed by atoms with E-state index >= 15 is 0 Å². The number of hydrogen-bond donors (Lipinski definition) is 1. The minimum atomic E-state index is -0.438. The molecule has 0 aromatic heterocycles. The summed E-state index contributed by atoms with van der Waals surface area (Å²) in [6, 6.07) is 16.0. The summed E-state index contributed by atoms with van der Waals surface area (Å²) in [5.74, 6) is 0.609. The van der Waals surface area contributed by atoms with Crippen LogP contribution in [0.25, 0.3) is 0 Å². The first-order chi connectivity index (χ1) is 13.3. The smallest absolute Gasteiger partial charge is 0.238 e. The second kappa shape index (κ2) is 8.39. The number of rotatable bonds is 5. The summed E-state index contributed by atoms with van der Waals surface area (Å²) in [4.78, 5) is 26.8. The molecule has 1 atom stereocenters. The quantitative estimate of drug-likeness (QED) is 0.736. The fourth-order valence-corrected chi connectivity index (χ4v) is 4.38. The lowest BCUT2D eigenvalue weighted by atomic mass is 9.95. The Bertz CT molecular complexity index is 856. The number of para-hydroxylation sites is 1. The molecular weight excluding hydrogens is 368 g/mol. The lowest BCUT2D eigenvalue weighted by Crippen LogP contribution is -2.29. The van der Waals surface area contributed by atoms with E-state index in [4.69, 9.17) is 0 Å². The van der Waals surface area contributed by atoms with E-state index in [9.17, 15) is 9.59 Å². The van der Waals surface area contributed by atoms with Gasteiger partial charge in [-0.2, -0.15) is 0 Å². The first-order valence-corrected chi connectivity index (χ1v) is 10.8. The molecule has 0 radical (unpaired) electrons. The second-order valence-corrected chi connectivity index (χ2v) is 9.20. The SMILES string of the molecule is CCCc1ccccc1N1C(=O)CSC1c1ccc(NC(=O)C(C)(C)C)cc1. The Morgan fingerprint density at radius 1 is 1.14 bits per heavy atom. The zero-order valence-electron chi connectivity index (χ0n) is 17.0. The van der Waals surface area contributed by atoms with Crippen LogP contribution in [0.2, 0.25) is 0 Å². The summed E-state index contributed by atoms with van der Waals surface area (Å²) in [6.45, 7) is 7.83. The van der Waals surface area contributed by atoms with Gasteiger partial charge in [0.1, 0.15) is 5.37 Å². The van der Waals surface area contributed by atoms with Gasteiger partial charge in [-0.1, -0.05) is 64.4 Å². The van der Waals surface area contributed by atoms with E-state index in [1.807, 2.05) is 68.1 Å². The topological polar surface area (TPSA) is 49.4 Å². The third-order valence-corrected chi connectivity index (χ3v) is 5.99. The van der Waals surface area contributed by atoms with Crippen LogP contribution in [0.15, 0.2) is 48.5 Å². The molecule has 0 aliphatic carbocycles. The summed E-state index contributed by atoms with van der Waals surface area (Å²) in [7, 11) is 0. The molecule has 0 saturated carbocycles. The highest BCUT2D eigenvalue weighted by atomic mass is 32.2. The molecule has 0 bridgehead atoms. The van der Waals surface area contributed by atoms with Crippen LogP contribution in [0.1, 0.15) is 50.6 Å². The van der Waals surface area contributed by atoms with Crippen LogP contribution in [-0.4, -0.2) is 17.6 Å². The number of benzene rings is 2. The van der Waals surface area contributed by atoms with Gasteiger partial charge in [0, 0.05) is 16.8 Å². The van der Waals surface area contributed by atoms with E-state index in [1.165, 1.54) is 5.56 Å². The fraction of sp³-hybridized carbons (Fsp3) is 0.391. The molecule has 2 aromatic rings. The number of carbonyl (C=O) groups is 2. The van der Waals surface area contributed by atoms with Crippen LogP contribution in [0.5, 0.6) is 0 Å². The van der Waals surface area contributed by atoms with Gasteiger partial charge in [-0.15, -0.1) is 11.8 Å². The van der Waals surface area contributed by atoms with Crippen LogP contribution in [-0.2, 0) is 16.0 Å². The standard InChI is InChI=1S/C23H28N2O2S/c1-5-8-16-9-6-7-10-19(16)25-20(26)15-28-21(25)17-11-13-18(14-12-17)24-22(27)23(2,3)4/h6-7,9-14,21H,5,8,15H2,1-4H3,(H,24,27). The average Bonchev–Trinajstić information content (AvgIpc) is 3.04. The Morgan fingerprint density at radius 2 is 1.82 bits per heavy atom. The Kier molecular flexibility index (Phi) is 6.14. The van der Waals surface area contributed by atoms with E-state index in [-0.39, 0.29) is 17.2 Å². The molecule has 3 rings (SSSR count). The highest BCUT2D eigenvalue weighted by Crippen LogP contribution is 2.43. The van der Waals surface area contributed by atoms with Gasteiger partial charge in [-0.05, 0) is 35.7 Å². The molecule has 1 saturated heterocycles. The van der Waals surface area contributed by atoms with Crippen LogP contribution >= 0.6 is 11.8 Å². The molecule has 1 aliphatic heterocycles. The molecule has 5 heteroatoms. The van der Waals surface area contributed by atoms with Crippen molar-refractivity contribution >= 4 is 35.0 Å². The molecule has 4 nitrogen and oxygen atoms in total. The Hall–Kier alpha value is -2.27. The lowest BCUT2D eigenvalue weighted by Gasteiger charge is -2.27. The van der Waals surface area contributed by atoms with E-state index in [0.717, 1.165) is 29.8 Å². The summed E-state index contributed by atoms with van der Waals surface area (Å²) < 4.78 is 0. The maximum Gasteiger partial charge on any atom is 0.238 e. The highest BCUT2D eigenvalue weighted by molar-refractivity contribution is 8.00. The number of hydrogen-bond acceptors (Lipinski definition) is 3. The number of carbonyl (C=O) groups excluding carboxylic acids is 2. The number of aryl methyl sites for hydroxylation is 1. The predicted octanol–water partition coefficient (Wildman–Crippen LogP) is 5.40. The minimum absolute atomic E-state index is 0.0132. The molecule has 148 valence electrons. The van der Waals surface area contributed by atoms with Gasteiger partial charge in [0.15, 0.2) is 0 Å². The van der Waals surface area contributed by atoms with E-state index in [1.54, 1.807) is 11.8 Å². The van der Waals surface area contributed by atoms with Crippen molar-refractivity contribution in [1.29, 1.82) is 0 Å². The molecular formula is C23H28N2O2S. The van der Waals surface area contributed by atoms with Crippen molar-refractivity contribution in [3.8, 4) is 0 Å². The molecule has 1 N–H and O–H groups in total. The fourth-order valence-electron chi connectivity index (χ4n) is 3.21.